The topological polar surface area (TPSA) is 91.3 Å². The molecule has 6 fully saturated rings. The minimum atomic E-state index is -0.824. The fraction of sp³-hybridized carbons (Fsp3) is 0.958. The number of aliphatic carboxylic acids is 1. The van der Waals surface area contributed by atoms with Gasteiger partial charge in [0.2, 0.25) is 0 Å². The molecular weight excluding hydrogens is 396 g/mol. The van der Waals surface area contributed by atoms with Crippen LogP contribution in [-0.4, -0.2) is 83.3 Å². The lowest BCUT2D eigenvalue weighted by Crippen LogP contribution is -2.79. The molecule has 2 aliphatic heterocycles. The van der Waals surface area contributed by atoms with Crippen LogP contribution in [0, 0.1) is 23.2 Å². The lowest BCUT2D eigenvalue weighted by atomic mass is 9.42. The molecule has 6 aliphatic rings. The van der Waals surface area contributed by atoms with Crippen molar-refractivity contribution >= 4 is 5.97 Å². The number of likely N-dealkylation sites (tertiary alicyclic amines) is 1. The third-order valence-corrected chi connectivity index (χ3v) is 10.2. The second kappa shape index (κ2) is 7.13. The van der Waals surface area contributed by atoms with Gasteiger partial charge in [-0.25, -0.2) is 0 Å². The van der Waals surface area contributed by atoms with Gasteiger partial charge in [-0.05, 0) is 76.7 Å². The van der Waals surface area contributed by atoms with Crippen molar-refractivity contribution in [3.63, 3.8) is 0 Å². The van der Waals surface area contributed by atoms with Gasteiger partial charge < -0.3 is 19.7 Å². The van der Waals surface area contributed by atoms with Gasteiger partial charge in [-0.3, -0.25) is 15.0 Å². The first-order valence-electron chi connectivity index (χ1n) is 12.5. The number of aliphatic hydroxyl groups excluding tert-OH is 1. The number of carbonyl (C=O) groups is 1. The Morgan fingerprint density at radius 3 is 2.77 bits per heavy atom. The van der Waals surface area contributed by atoms with Crippen LogP contribution in [0.15, 0.2) is 0 Å². The molecule has 10 atom stereocenters. The molecule has 4 saturated carbocycles. The third-order valence-electron chi connectivity index (χ3n) is 10.2. The van der Waals surface area contributed by atoms with E-state index >= 15 is 0 Å². The number of hydrogen-bond acceptors (Lipinski definition) is 6. The summed E-state index contributed by atoms with van der Waals surface area (Å²) < 4.78 is 13.4. The molecule has 4 aliphatic carbocycles. The highest BCUT2D eigenvalue weighted by Gasteiger charge is 2.78. The number of hydrogen-bond donors (Lipinski definition) is 3. The van der Waals surface area contributed by atoms with Crippen molar-refractivity contribution in [3.05, 3.63) is 0 Å². The average Bonchev–Trinajstić information content (AvgIpc) is 3.50. The van der Waals surface area contributed by atoms with Gasteiger partial charge in [0, 0.05) is 37.1 Å². The van der Waals surface area contributed by atoms with Crippen molar-refractivity contribution in [2.75, 3.05) is 20.2 Å². The van der Waals surface area contributed by atoms with Gasteiger partial charge in [0.05, 0.1) is 23.9 Å². The number of ether oxygens (including phenoxy) is 2. The molecule has 31 heavy (non-hydrogen) atoms. The largest absolute Gasteiger partial charge is 0.480 e. The molecule has 7 heteroatoms. The fourth-order valence-corrected chi connectivity index (χ4v) is 8.85. The third kappa shape index (κ3) is 2.73. The number of aliphatic hydroxyl groups is 1. The summed E-state index contributed by atoms with van der Waals surface area (Å²) in [5.74, 6) is 0.899. The number of nitrogens with one attached hydrogen (secondary N) is 1. The van der Waals surface area contributed by atoms with E-state index in [4.69, 9.17) is 9.47 Å². The van der Waals surface area contributed by atoms with Crippen molar-refractivity contribution in [1.29, 1.82) is 0 Å². The number of piperidine rings is 1. The van der Waals surface area contributed by atoms with E-state index in [9.17, 15) is 15.0 Å². The van der Waals surface area contributed by atoms with Crippen LogP contribution >= 0.6 is 0 Å². The number of nitrogens with zero attached hydrogens (tertiary/aromatic N) is 1. The second-order valence-electron chi connectivity index (χ2n) is 11.4. The Bertz CT molecular complexity index is 745. The van der Waals surface area contributed by atoms with Gasteiger partial charge in [0.15, 0.2) is 0 Å². The van der Waals surface area contributed by atoms with Crippen LogP contribution in [0.4, 0.5) is 0 Å². The molecule has 174 valence electrons. The second-order valence-corrected chi connectivity index (χ2v) is 11.4. The monoisotopic (exact) mass is 434 g/mol. The average molecular weight is 435 g/mol. The zero-order chi connectivity index (χ0) is 21.5. The molecule has 0 amide bonds. The SMILES string of the molecule is CO[C@]12CC[C@@H](N[C@@H](C)C(=O)O)[C@@H]3OC4C(O)CCC5CC1N(CC1CC1)CC[C@]32C54. The highest BCUT2D eigenvalue weighted by Crippen LogP contribution is 2.70. The molecular formula is C24H38N2O5. The van der Waals surface area contributed by atoms with E-state index in [0.29, 0.717) is 17.9 Å². The molecule has 7 nitrogen and oxygen atoms in total. The Balaban J connectivity index is 1.42. The van der Waals surface area contributed by atoms with Crippen LogP contribution in [0.2, 0.25) is 0 Å². The summed E-state index contributed by atoms with van der Waals surface area (Å²) in [7, 11) is 1.90. The van der Waals surface area contributed by atoms with E-state index in [0.717, 1.165) is 51.0 Å². The first-order chi connectivity index (χ1) is 14.9. The van der Waals surface area contributed by atoms with Gasteiger partial charge in [-0.15, -0.1) is 0 Å². The predicted octanol–water partition coefficient (Wildman–Crippen LogP) is 1.63. The molecule has 0 radical (unpaired) electrons. The number of methoxy groups -OCH3 is 1. The summed E-state index contributed by atoms with van der Waals surface area (Å²) in [6, 6.07) is -0.217. The Morgan fingerprint density at radius 2 is 2.06 bits per heavy atom. The van der Waals surface area contributed by atoms with E-state index in [-0.39, 0.29) is 29.3 Å². The summed E-state index contributed by atoms with van der Waals surface area (Å²) in [6.45, 7) is 3.98. The molecule has 6 rings (SSSR count). The standard InChI is InChI=1S/C24H38N2O5/c1-13(22(28)29)25-16-7-8-24(30-2)18-11-15-5-6-17(27)20-19(15)23(24,21(16)31-20)9-10-26(18)12-14-3-4-14/h13-21,25,27H,3-12H2,1-2H3,(H,28,29)/t13-,15?,16+,17?,18?,19?,20?,21-,23-,24+/m0/s1. The van der Waals surface area contributed by atoms with Crippen molar-refractivity contribution in [2.24, 2.45) is 23.2 Å². The van der Waals surface area contributed by atoms with E-state index in [1.807, 2.05) is 7.11 Å². The molecule has 2 saturated heterocycles. The first kappa shape index (κ1) is 20.8. The summed E-state index contributed by atoms with van der Waals surface area (Å²) in [5, 5.41) is 23.9. The van der Waals surface area contributed by atoms with Crippen molar-refractivity contribution in [2.45, 2.75) is 100 Å². The predicted molar refractivity (Wildman–Crippen MR) is 114 cm³/mol. The highest BCUT2D eigenvalue weighted by molar-refractivity contribution is 5.72. The minimum absolute atomic E-state index is 0.0124. The van der Waals surface area contributed by atoms with Crippen LogP contribution in [0.1, 0.15) is 58.3 Å². The van der Waals surface area contributed by atoms with Gasteiger partial charge in [0.25, 0.3) is 0 Å². The minimum Gasteiger partial charge on any atom is -0.480 e. The maximum Gasteiger partial charge on any atom is 0.320 e. The Kier molecular flexibility index (Phi) is 4.80. The molecule has 0 aromatic carbocycles. The lowest BCUT2D eigenvalue weighted by molar-refractivity contribution is -0.272. The van der Waals surface area contributed by atoms with Crippen molar-refractivity contribution < 1.29 is 24.5 Å². The molecule has 0 aromatic heterocycles. The highest BCUT2D eigenvalue weighted by atomic mass is 16.5. The van der Waals surface area contributed by atoms with Crippen LogP contribution in [0.5, 0.6) is 0 Å². The summed E-state index contributed by atoms with van der Waals surface area (Å²) in [4.78, 5) is 14.3. The number of rotatable bonds is 6. The first-order valence-corrected chi connectivity index (χ1v) is 12.5. The van der Waals surface area contributed by atoms with Gasteiger partial charge in [-0.2, -0.15) is 0 Å². The zero-order valence-electron chi connectivity index (χ0n) is 18.8. The maximum absolute atomic E-state index is 11.6. The Morgan fingerprint density at radius 1 is 1.26 bits per heavy atom. The molecule has 1 spiro atoms. The van der Waals surface area contributed by atoms with Gasteiger partial charge in [0.1, 0.15) is 6.04 Å². The fourth-order valence-electron chi connectivity index (χ4n) is 8.85. The van der Waals surface area contributed by atoms with E-state index in [2.05, 4.69) is 10.2 Å². The Hall–Kier alpha value is -0.730. The summed E-state index contributed by atoms with van der Waals surface area (Å²) in [6.07, 6.45) is 7.90. The van der Waals surface area contributed by atoms with Gasteiger partial charge >= 0.3 is 5.97 Å². The number of carboxylic acid groups (broad SMARTS) is 1. The maximum atomic E-state index is 11.6. The molecule has 2 bridgehead atoms. The van der Waals surface area contributed by atoms with E-state index in [1.54, 1.807) is 6.92 Å². The smallest absolute Gasteiger partial charge is 0.320 e. The van der Waals surface area contributed by atoms with Crippen molar-refractivity contribution in [3.8, 4) is 0 Å². The quantitative estimate of drug-likeness (QED) is 0.585. The molecule has 3 N–H and O–H groups in total. The summed E-state index contributed by atoms with van der Waals surface area (Å²) >= 11 is 0. The van der Waals surface area contributed by atoms with Crippen LogP contribution in [-0.2, 0) is 14.3 Å². The lowest BCUT2D eigenvalue weighted by Gasteiger charge is -2.70. The Labute approximate surface area is 184 Å². The number of carboxylic acids is 1. The molecule has 0 aromatic rings. The van der Waals surface area contributed by atoms with E-state index in [1.165, 1.54) is 19.4 Å². The van der Waals surface area contributed by atoms with Crippen LogP contribution in [0.25, 0.3) is 0 Å². The van der Waals surface area contributed by atoms with Crippen LogP contribution < -0.4 is 5.32 Å². The normalized spacial score (nSPS) is 51.9. The molecule has 5 unspecified atom stereocenters. The zero-order valence-corrected chi connectivity index (χ0v) is 18.8. The van der Waals surface area contributed by atoms with E-state index < -0.39 is 18.1 Å². The van der Waals surface area contributed by atoms with Crippen LogP contribution in [0.3, 0.4) is 0 Å². The summed E-state index contributed by atoms with van der Waals surface area (Å²) in [5.41, 5.74) is -0.405. The van der Waals surface area contributed by atoms with Crippen molar-refractivity contribution in [1.82, 2.24) is 10.2 Å². The van der Waals surface area contributed by atoms with Gasteiger partial charge in [-0.1, -0.05) is 0 Å². The molecule has 2 heterocycles.